The predicted octanol–water partition coefficient (Wildman–Crippen LogP) is 3.22. The van der Waals surface area contributed by atoms with E-state index in [-0.39, 0.29) is 5.91 Å². The zero-order chi connectivity index (χ0) is 20.0. The van der Waals surface area contributed by atoms with Gasteiger partial charge in [-0.05, 0) is 48.7 Å². The van der Waals surface area contributed by atoms with E-state index >= 15 is 0 Å². The van der Waals surface area contributed by atoms with Crippen LogP contribution in [0.1, 0.15) is 22.4 Å². The lowest BCUT2D eigenvalue weighted by atomic mass is 9.95. The van der Waals surface area contributed by atoms with Crippen molar-refractivity contribution in [1.29, 1.82) is 0 Å². The molecule has 0 saturated heterocycles. The second-order valence-electron chi connectivity index (χ2n) is 7.60. The van der Waals surface area contributed by atoms with Crippen LogP contribution in [0.4, 0.5) is 0 Å². The van der Waals surface area contributed by atoms with E-state index < -0.39 is 0 Å². The van der Waals surface area contributed by atoms with Gasteiger partial charge in [0.05, 0.1) is 22.9 Å². The van der Waals surface area contributed by atoms with Crippen molar-refractivity contribution >= 4 is 27.7 Å². The van der Waals surface area contributed by atoms with Gasteiger partial charge in [0.1, 0.15) is 6.54 Å². The zero-order valence-corrected chi connectivity index (χ0v) is 17.0. The number of carbonyl (C=O) groups excluding carboxylic acids is 1. The third kappa shape index (κ3) is 2.95. The largest absolute Gasteiger partial charge is 0.347 e. The average Bonchev–Trinajstić information content (AvgIpc) is 3.23. The van der Waals surface area contributed by atoms with Crippen LogP contribution in [-0.4, -0.2) is 44.2 Å². The molecular weight excluding hydrogens is 350 g/mol. The fraction of sp³-hybridized carbons (Fsp3) is 0.318. The average molecular weight is 375 g/mol. The Morgan fingerprint density at radius 2 is 2.00 bits per heavy atom. The first-order chi connectivity index (χ1) is 13.4. The molecule has 0 bridgehead atoms. The molecule has 0 unspecified atom stereocenters. The molecule has 6 heteroatoms. The number of rotatable bonds is 4. The molecule has 4 aromatic rings. The van der Waals surface area contributed by atoms with Gasteiger partial charge in [0.15, 0.2) is 0 Å². The minimum atomic E-state index is 0.0733. The number of aryl methyl sites for hydroxylation is 3. The highest BCUT2D eigenvalue weighted by atomic mass is 16.2. The highest BCUT2D eigenvalue weighted by molar-refractivity contribution is 5.87. The van der Waals surface area contributed by atoms with E-state index in [1.807, 2.05) is 41.0 Å². The lowest BCUT2D eigenvalue weighted by Crippen LogP contribution is -2.25. The molecule has 0 aliphatic heterocycles. The lowest BCUT2D eigenvalue weighted by molar-refractivity contribution is -0.129. The van der Waals surface area contributed by atoms with Crippen LogP contribution in [0, 0.1) is 13.8 Å². The Bertz CT molecular complexity index is 1200. The van der Waals surface area contributed by atoms with Gasteiger partial charge in [-0.3, -0.25) is 14.5 Å². The fourth-order valence-electron chi connectivity index (χ4n) is 3.97. The molecule has 0 N–H and O–H groups in total. The zero-order valence-electron chi connectivity index (χ0n) is 17.0. The molecule has 0 fully saturated rings. The molecule has 4 rings (SSSR count). The number of carbonyl (C=O) groups is 1. The molecule has 28 heavy (non-hydrogen) atoms. The third-order valence-electron chi connectivity index (χ3n) is 5.55. The van der Waals surface area contributed by atoms with Crippen LogP contribution in [0.25, 0.3) is 21.8 Å². The summed E-state index contributed by atoms with van der Waals surface area (Å²) < 4.78 is 3.93. The van der Waals surface area contributed by atoms with Crippen molar-refractivity contribution in [3.05, 3.63) is 59.2 Å². The molecule has 0 atom stereocenters. The Balaban J connectivity index is 1.77. The van der Waals surface area contributed by atoms with Crippen LogP contribution in [0.15, 0.2) is 36.8 Å². The van der Waals surface area contributed by atoms with Crippen LogP contribution < -0.4 is 0 Å². The molecule has 0 spiro atoms. The normalized spacial score (nSPS) is 11.5. The molecule has 0 saturated carbocycles. The first-order valence-electron chi connectivity index (χ1n) is 9.40. The van der Waals surface area contributed by atoms with Crippen LogP contribution >= 0.6 is 0 Å². The summed E-state index contributed by atoms with van der Waals surface area (Å²) in [4.78, 5) is 18.4. The second kappa shape index (κ2) is 6.78. The monoisotopic (exact) mass is 375 g/mol. The number of likely N-dealkylation sites (N-methyl/N-ethyl adjacent to an activating group) is 1. The van der Waals surface area contributed by atoms with Crippen molar-refractivity contribution in [1.82, 2.24) is 24.2 Å². The van der Waals surface area contributed by atoms with Crippen molar-refractivity contribution in [2.75, 3.05) is 14.1 Å². The first kappa shape index (κ1) is 18.2. The maximum Gasteiger partial charge on any atom is 0.241 e. The Labute approximate surface area is 164 Å². The van der Waals surface area contributed by atoms with E-state index in [4.69, 9.17) is 0 Å². The summed E-state index contributed by atoms with van der Waals surface area (Å²) in [6, 6.07) is 6.24. The summed E-state index contributed by atoms with van der Waals surface area (Å²) in [6.45, 7) is 4.64. The molecular formula is C22H25N5O. The smallest absolute Gasteiger partial charge is 0.241 e. The van der Waals surface area contributed by atoms with Crippen LogP contribution in [0.5, 0.6) is 0 Å². The Hall–Kier alpha value is -3.15. The van der Waals surface area contributed by atoms with E-state index in [0.29, 0.717) is 6.54 Å². The summed E-state index contributed by atoms with van der Waals surface area (Å²) in [6.07, 6.45) is 6.48. The predicted molar refractivity (Wildman–Crippen MR) is 111 cm³/mol. The van der Waals surface area contributed by atoms with Crippen molar-refractivity contribution in [3.63, 3.8) is 0 Å². The van der Waals surface area contributed by atoms with Gasteiger partial charge in [-0.25, -0.2) is 0 Å². The minimum absolute atomic E-state index is 0.0733. The molecule has 0 radical (unpaired) electrons. The second-order valence-corrected chi connectivity index (χ2v) is 7.60. The summed E-state index contributed by atoms with van der Waals surface area (Å²) in [7, 11) is 5.54. The maximum atomic E-state index is 12.1. The molecule has 3 aromatic heterocycles. The Morgan fingerprint density at radius 1 is 1.21 bits per heavy atom. The van der Waals surface area contributed by atoms with Crippen molar-refractivity contribution in [2.24, 2.45) is 7.05 Å². The third-order valence-corrected chi connectivity index (χ3v) is 5.55. The molecule has 0 aliphatic rings. The number of benzene rings is 1. The number of fused-ring (bicyclic) bond motifs is 2. The fourth-order valence-corrected chi connectivity index (χ4v) is 3.97. The summed E-state index contributed by atoms with van der Waals surface area (Å²) in [5.74, 6) is 0.0733. The van der Waals surface area contributed by atoms with Crippen molar-refractivity contribution in [2.45, 2.75) is 26.8 Å². The van der Waals surface area contributed by atoms with Gasteiger partial charge in [0.25, 0.3) is 0 Å². The van der Waals surface area contributed by atoms with E-state index in [1.54, 1.807) is 19.0 Å². The molecule has 6 nitrogen and oxygen atoms in total. The van der Waals surface area contributed by atoms with Crippen LogP contribution in [-0.2, 0) is 24.8 Å². The molecule has 1 amide bonds. The van der Waals surface area contributed by atoms with Gasteiger partial charge in [-0.1, -0.05) is 0 Å². The molecule has 144 valence electrons. The van der Waals surface area contributed by atoms with Crippen LogP contribution in [0.3, 0.4) is 0 Å². The van der Waals surface area contributed by atoms with E-state index in [1.165, 1.54) is 27.6 Å². The molecule has 3 heterocycles. The standard InChI is InChI=1S/C22H25N5O/c1-14-10-16-12-24-26(5)22(16)15(2)18(14)11-19-17-7-9-27(13-21(28)25(3)4)20(17)6-8-23-19/h6-10,12H,11,13H2,1-5H3. The summed E-state index contributed by atoms with van der Waals surface area (Å²) in [5.41, 5.74) is 7.02. The maximum absolute atomic E-state index is 12.1. The number of hydrogen-bond donors (Lipinski definition) is 0. The van der Waals surface area contributed by atoms with E-state index in [9.17, 15) is 4.79 Å². The Morgan fingerprint density at radius 3 is 2.75 bits per heavy atom. The van der Waals surface area contributed by atoms with E-state index in [0.717, 1.165) is 23.0 Å². The van der Waals surface area contributed by atoms with Gasteiger partial charge in [0, 0.05) is 50.7 Å². The summed E-state index contributed by atoms with van der Waals surface area (Å²) in [5, 5.41) is 6.67. The van der Waals surface area contributed by atoms with Gasteiger partial charge < -0.3 is 9.47 Å². The topological polar surface area (TPSA) is 56.0 Å². The SMILES string of the molecule is Cc1cc2cnn(C)c2c(C)c1Cc1nccc2c1ccn2CC(=O)N(C)C. The van der Waals surface area contributed by atoms with Gasteiger partial charge >= 0.3 is 0 Å². The molecule has 0 aliphatic carbocycles. The summed E-state index contributed by atoms with van der Waals surface area (Å²) >= 11 is 0. The highest BCUT2D eigenvalue weighted by Crippen LogP contribution is 2.28. The highest BCUT2D eigenvalue weighted by Gasteiger charge is 2.15. The quantitative estimate of drug-likeness (QED) is 0.550. The Kier molecular flexibility index (Phi) is 4.41. The number of pyridine rings is 1. The number of aromatic nitrogens is 4. The molecule has 1 aromatic carbocycles. The number of nitrogens with zero attached hydrogens (tertiary/aromatic N) is 5. The van der Waals surface area contributed by atoms with Crippen LogP contribution in [0.2, 0.25) is 0 Å². The number of amides is 1. The van der Waals surface area contributed by atoms with E-state index in [2.05, 4.69) is 36.1 Å². The van der Waals surface area contributed by atoms with Crippen molar-refractivity contribution < 1.29 is 4.79 Å². The van der Waals surface area contributed by atoms with Gasteiger partial charge in [-0.15, -0.1) is 0 Å². The lowest BCUT2D eigenvalue weighted by Gasteiger charge is -2.13. The minimum Gasteiger partial charge on any atom is -0.347 e. The van der Waals surface area contributed by atoms with Gasteiger partial charge in [0.2, 0.25) is 5.91 Å². The number of hydrogen-bond acceptors (Lipinski definition) is 3. The first-order valence-corrected chi connectivity index (χ1v) is 9.40. The van der Waals surface area contributed by atoms with Gasteiger partial charge in [-0.2, -0.15) is 5.10 Å². The van der Waals surface area contributed by atoms with Crippen molar-refractivity contribution in [3.8, 4) is 0 Å².